The Morgan fingerprint density at radius 2 is 1.57 bits per heavy atom. The average molecular weight is 325 g/mol. The van der Waals surface area contributed by atoms with Crippen molar-refractivity contribution in [2.75, 3.05) is 6.61 Å². The second kappa shape index (κ2) is 8.85. The normalized spacial score (nSPS) is 13.3. The summed E-state index contributed by atoms with van der Waals surface area (Å²) in [5.74, 6) is 0.458. The van der Waals surface area contributed by atoms with E-state index in [9.17, 15) is 0 Å². The first kappa shape index (κ1) is 17.7. The van der Waals surface area contributed by atoms with Crippen molar-refractivity contribution >= 4 is 13.3 Å². The van der Waals surface area contributed by atoms with Crippen LogP contribution >= 0.6 is 0 Å². The molecule has 2 aromatic rings. The molecule has 0 N–H and O–H groups in total. The second-order valence-electron chi connectivity index (χ2n) is 6.86. The fourth-order valence-electron chi connectivity index (χ4n) is 2.59. The summed E-state index contributed by atoms with van der Waals surface area (Å²) in [5.41, 5.74) is 1.24. The summed E-state index contributed by atoms with van der Waals surface area (Å²) in [6, 6.07) is 22.5. The fourth-order valence-corrected chi connectivity index (χ4v) is 4.65. The van der Waals surface area contributed by atoms with Crippen molar-refractivity contribution in [1.29, 1.82) is 0 Å². The highest BCUT2D eigenvalue weighted by Crippen LogP contribution is 2.12. The smallest absolute Gasteiger partial charge is 0.0843 e. The minimum Gasteiger partial charge on any atom is -0.376 e. The maximum atomic E-state index is 5.81. The van der Waals surface area contributed by atoms with Gasteiger partial charge >= 0.3 is 0 Å². The number of benzene rings is 2. The van der Waals surface area contributed by atoms with Gasteiger partial charge in [0.15, 0.2) is 0 Å². The molecule has 2 aromatic carbocycles. The molecule has 0 aromatic heterocycles. The monoisotopic (exact) mass is 324 g/mol. The van der Waals surface area contributed by atoms with Gasteiger partial charge in [-0.2, -0.15) is 0 Å². The van der Waals surface area contributed by atoms with E-state index >= 15 is 0 Å². The number of hydrogen-bond donors (Lipinski definition) is 0. The summed E-state index contributed by atoms with van der Waals surface area (Å²) in [5, 5.41) is 1.53. The third-order valence-corrected chi connectivity index (χ3v) is 7.29. The molecule has 0 spiro atoms. The predicted molar refractivity (Wildman–Crippen MR) is 103 cm³/mol. The maximum absolute atomic E-state index is 5.81. The van der Waals surface area contributed by atoms with Crippen LogP contribution in [0.15, 0.2) is 72.8 Å². The molecule has 0 amide bonds. The molecule has 2 heteroatoms. The van der Waals surface area contributed by atoms with E-state index in [0.29, 0.717) is 12.5 Å². The van der Waals surface area contributed by atoms with Gasteiger partial charge in [-0.05, 0) is 17.5 Å². The van der Waals surface area contributed by atoms with Gasteiger partial charge in [-0.25, -0.2) is 0 Å². The Kier molecular flexibility index (Phi) is 6.81. The Morgan fingerprint density at radius 3 is 2.22 bits per heavy atom. The lowest BCUT2D eigenvalue weighted by atomic mass is 10.2. The van der Waals surface area contributed by atoms with Crippen molar-refractivity contribution < 1.29 is 4.74 Å². The zero-order valence-corrected chi connectivity index (χ0v) is 15.5. The van der Waals surface area contributed by atoms with Crippen LogP contribution < -0.4 is 5.19 Å². The van der Waals surface area contributed by atoms with Gasteiger partial charge in [0, 0.05) is 0 Å². The predicted octanol–water partition coefficient (Wildman–Crippen LogP) is 5.01. The standard InChI is InChI=1S/C21H28OSi/c1-19(17-22-18-20-12-6-4-7-13-20)11-10-16-23(2,3)21-14-8-5-9-15-21/h4-15,19H,16-18H2,1-3H3/b11-10+/t19-/m1/s1. The number of allylic oxidation sites excluding steroid dienone is 1. The molecule has 1 nitrogen and oxygen atoms in total. The highest BCUT2D eigenvalue weighted by molar-refractivity contribution is 6.90. The van der Waals surface area contributed by atoms with Gasteiger partial charge in [0.1, 0.15) is 0 Å². The molecule has 23 heavy (non-hydrogen) atoms. The van der Waals surface area contributed by atoms with E-state index in [0.717, 1.165) is 6.61 Å². The Labute approximate surface area is 142 Å². The minimum absolute atomic E-state index is 0.458. The summed E-state index contributed by atoms with van der Waals surface area (Å²) >= 11 is 0. The molecule has 0 fully saturated rings. The summed E-state index contributed by atoms with van der Waals surface area (Å²) in [6.45, 7) is 8.56. The molecule has 0 saturated heterocycles. The van der Waals surface area contributed by atoms with Crippen molar-refractivity contribution in [2.24, 2.45) is 5.92 Å². The SMILES string of the molecule is C[C@H](/C=C/C[Si](C)(C)c1ccccc1)COCc1ccccc1. The zero-order valence-electron chi connectivity index (χ0n) is 14.5. The first-order valence-corrected chi connectivity index (χ1v) is 11.6. The fraction of sp³-hybridized carbons (Fsp3) is 0.333. The lowest BCUT2D eigenvalue weighted by molar-refractivity contribution is 0.104. The van der Waals surface area contributed by atoms with Gasteiger partial charge in [-0.1, -0.05) is 98.0 Å². The van der Waals surface area contributed by atoms with Crippen molar-refractivity contribution in [3.8, 4) is 0 Å². The molecule has 0 bridgehead atoms. The molecule has 1 atom stereocenters. The van der Waals surface area contributed by atoms with Crippen molar-refractivity contribution in [2.45, 2.75) is 32.7 Å². The average Bonchev–Trinajstić information content (AvgIpc) is 2.56. The Bertz CT molecular complexity index is 590. The highest BCUT2D eigenvalue weighted by Gasteiger charge is 2.21. The van der Waals surface area contributed by atoms with E-state index in [4.69, 9.17) is 4.74 Å². The van der Waals surface area contributed by atoms with Gasteiger partial charge in [0.2, 0.25) is 0 Å². The van der Waals surface area contributed by atoms with Gasteiger partial charge in [0.05, 0.1) is 21.3 Å². The van der Waals surface area contributed by atoms with Crippen molar-refractivity contribution in [3.05, 3.63) is 78.4 Å². The van der Waals surface area contributed by atoms with E-state index < -0.39 is 8.07 Å². The molecule has 0 saturated carbocycles. The van der Waals surface area contributed by atoms with Crippen LogP contribution in [0.4, 0.5) is 0 Å². The Balaban J connectivity index is 1.74. The Morgan fingerprint density at radius 1 is 0.957 bits per heavy atom. The third-order valence-electron chi connectivity index (χ3n) is 4.14. The van der Waals surface area contributed by atoms with E-state index in [1.165, 1.54) is 16.8 Å². The van der Waals surface area contributed by atoms with E-state index in [2.05, 4.69) is 86.8 Å². The molecule has 0 unspecified atom stereocenters. The van der Waals surface area contributed by atoms with Crippen LogP contribution in [0, 0.1) is 5.92 Å². The van der Waals surface area contributed by atoms with Gasteiger partial charge in [-0.15, -0.1) is 0 Å². The van der Waals surface area contributed by atoms with E-state index in [1.807, 2.05) is 6.07 Å². The van der Waals surface area contributed by atoms with Crippen LogP contribution in [-0.2, 0) is 11.3 Å². The topological polar surface area (TPSA) is 9.23 Å². The minimum atomic E-state index is -1.36. The largest absolute Gasteiger partial charge is 0.376 e. The molecule has 2 rings (SSSR count). The van der Waals surface area contributed by atoms with Crippen LogP contribution in [0.3, 0.4) is 0 Å². The molecule has 0 radical (unpaired) electrons. The molecule has 0 aliphatic heterocycles. The summed E-state index contributed by atoms with van der Waals surface area (Å²) in [6.07, 6.45) is 4.67. The third kappa shape index (κ3) is 6.17. The van der Waals surface area contributed by atoms with Crippen molar-refractivity contribution in [1.82, 2.24) is 0 Å². The van der Waals surface area contributed by atoms with Crippen LogP contribution in [-0.4, -0.2) is 14.7 Å². The van der Waals surface area contributed by atoms with Gasteiger partial charge < -0.3 is 4.74 Å². The second-order valence-corrected chi connectivity index (χ2v) is 11.6. The van der Waals surface area contributed by atoms with Crippen LogP contribution in [0.5, 0.6) is 0 Å². The summed E-state index contributed by atoms with van der Waals surface area (Å²) < 4.78 is 5.81. The van der Waals surface area contributed by atoms with Crippen molar-refractivity contribution in [3.63, 3.8) is 0 Å². The zero-order chi connectivity index (χ0) is 16.5. The summed E-state index contributed by atoms with van der Waals surface area (Å²) in [7, 11) is -1.36. The van der Waals surface area contributed by atoms with Crippen LogP contribution in [0.2, 0.25) is 19.1 Å². The summed E-state index contributed by atoms with van der Waals surface area (Å²) in [4.78, 5) is 0. The van der Waals surface area contributed by atoms with Gasteiger partial charge in [0.25, 0.3) is 0 Å². The highest BCUT2D eigenvalue weighted by atomic mass is 28.3. The first-order chi connectivity index (χ1) is 11.1. The number of rotatable bonds is 8. The van der Waals surface area contributed by atoms with Crippen LogP contribution in [0.1, 0.15) is 12.5 Å². The molecular weight excluding hydrogens is 296 g/mol. The quantitative estimate of drug-likeness (QED) is 0.490. The first-order valence-electron chi connectivity index (χ1n) is 8.42. The molecule has 122 valence electrons. The lowest BCUT2D eigenvalue weighted by Crippen LogP contribution is -2.40. The van der Waals surface area contributed by atoms with E-state index in [-0.39, 0.29) is 0 Å². The molecule has 0 aliphatic carbocycles. The van der Waals surface area contributed by atoms with Crippen LogP contribution in [0.25, 0.3) is 0 Å². The Hall–Kier alpha value is -1.64. The lowest BCUT2D eigenvalue weighted by Gasteiger charge is -2.21. The van der Waals surface area contributed by atoms with E-state index in [1.54, 1.807) is 0 Å². The molecule has 0 aliphatic rings. The number of ether oxygens (including phenoxy) is 1. The molecular formula is C21H28OSi. The maximum Gasteiger partial charge on any atom is 0.0843 e. The molecule has 0 heterocycles. The van der Waals surface area contributed by atoms with Gasteiger partial charge in [-0.3, -0.25) is 0 Å². The number of hydrogen-bond acceptors (Lipinski definition) is 1.